The van der Waals surface area contributed by atoms with Gasteiger partial charge in [-0.2, -0.15) is 0 Å². The van der Waals surface area contributed by atoms with Crippen molar-refractivity contribution in [3.63, 3.8) is 0 Å². The second-order valence-corrected chi connectivity index (χ2v) is 10.0. The summed E-state index contributed by atoms with van der Waals surface area (Å²) >= 11 is 0. The predicted octanol–water partition coefficient (Wildman–Crippen LogP) is 5.34. The van der Waals surface area contributed by atoms with E-state index in [2.05, 4.69) is 27.4 Å². The van der Waals surface area contributed by atoms with Crippen molar-refractivity contribution in [2.24, 2.45) is 17.8 Å². The topological polar surface area (TPSA) is 55.8 Å². The predicted molar refractivity (Wildman–Crippen MR) is 111 cm³/mol. The van der Waals surface area contributed by atoms with Crippen LogP contribution in [-0.4, -0.2) is 40.8 Å². The quantitative estimate of drug-likeness (QED) is 0.467. The average Bonchev–Trinajstić information content (AvgIpc) is 2.98. The van der Waals surface area contributed by atoms with Crippen LogP contribution in [0.4, 0.5) is 4.79 Å². The molecule has 1 aliphatic carbocycles. The van der Waals surface area contributed by atoms with Crippen LogP contribution in [0.2, 0.25) is 0 Å². The molecule has 0 N–H and O–H groups in total. The van der Waals surface area contributed by atoms with E-state index < -0.39 is 17.2 Å². The molecule has 160 valence electrons. The van der Waals surface area contributed by atoms with E-state index >= 15 is 0 Å². The van der Waals surface area contributed by atoms with Gasteiger partial charge < -0.3 is 9.47 Å². The van der Waals surface area contributed by atoms with Gasteiger partial charge in [-0.1, -0.05) is 33.3 Å². The van der Waals surface area contributed by atoms with E-state index in [1.807, 2.05) is 20.8 Å². The van der Waals surface area contributed by atoms with Gasteiger partial charge in [-0.15, -0.1) is 6.58 Å². The number of hydrogen-bond acceptors (Lipinski definition) is 4. The van der Waals surface area contributed by atoms with E-state index in [1.54, 1.807) is 11.0 Å². The third kappa shape index (κ3) is 5.09. The number of ether oxygens (including phenoxy) is 2. The molecule has 0 aromatic rings. The summed E-state index contributed by atoms with van der Waals surface area (Å²) in [5.74, 6) is 1.10. The van der Waals surface area contributed by atoms with Gasteiger partial charge in [0.05, 0.1) is 0 Å². The Hall–Kier alpha value is -1.52. The molecule has 28 heavy (non-hydrogen) atoms. The highest BCUT2D eigenvalue weighted by Gasteiger charge is 2.52. The number of amides is 1. The lowest BCUT2D eigenvalue weighted by atomic mass is 9.75. The number of nitrogens with zero attached hydrogens (tertiary/aromatic N) is 1. The maximum atomic E-state index is 13.5. The summed E-state index contributed by atoms with van der Waals surface area (Å²) in [5.41, 5.74) is -1.60. The Morgan fingerprint density at radius 1 is 1.29 bits per heavy atom. The summed E-state index contributed by atoms with van der Waals surface area (Å²) in [6, 6.07) is 0. The summed E-state index contributed by atoms with van der Waals surface area (Å²) in [6.45, 7) is 16.5. The van der Waals surface area contributed by atoms with Crippen molar-refractivity contribution in [2.45, 2.75) is 97.3 Å². The zero-order chi connectivity index (χ0) is 21.1. The van der Waals surface area contributed by atoms with Crippen LogP contribution in [0.25, 0.3) is 0 Å². The Morgan fingerprint density at radius 3 is 2.54 bits per heavy atom. The van der Waals surface area contributed by atoms with Crippen LogP contribution in [0.1, 0.15) is 80.1 Å². The third-order valence-electron chi connectivity index (χ3n) is 6.18. The molecule has 2 fully saturated rings. The van der Waals surface area contributed by atoms with Crippen LogP contribution >= 0.6 is 0 Å². The zero-order valence-corrected chi connectivity index (χ0v) is 18.6. The van der Waals surface area contributed by atoms with E-state index in [0.29, 0.717) is 37.1 Å². The van der Waals surface area contributed by atoms with Gasteiger partial charge in [-0.3, -0.25) is 4.90 Å². The van der Waals surface area contributed by atoms with Crippen molar-refractivity contribution in [1.29, 1.82) is 0 Å². The molecular weight excluding hydrogens is 354 g/mol. The molecule has 1 aliphatic heterocycles. The Labute approximate surface area is 170 Å². The molecule has 0 aromatic carbocycles. The second-order valence-electron chi connectivity index (χ2n) is 10.0. The van der Waals surface area contributed by atoms with E-state index in [4.69, 9.17) is 9.47 Å². The summed E-state index contributed by atoms with van der Waals surface area (Å²) in [5, 5.41) is 0. The fourth-order valence-corrected chi connectivity index (χ4v) is 4.71. The van der Waals surface area contributed by atoms with Crippen LogP contribution in [0.15, 0.2) is 12.7 Å². The van der Waals surface area contributed by atoms with Gasteiger partial charge in [0.2, 0.25) is 0 Å². The first-order valence-electron chi connectivity index (χ1n) is 10.8. The third-order valence-corrected chi connectivity index (χ3v) is 6.18. The zero-order valence-electron chi connectivity index (χ0n) is 18.6. The minimum absolute atomic E-state index is 0.0842. The molecule has 1 heterocycles. The fourth-order valence-electron chi connectivity index (χ4n) is 4.71. The minimum atomic E-state index is -0.994. The van der Waals surface area contributed by atoms with Crippen molar-refractivity contribution in [3.05, 3.63) is 12.7 Å². The van der Waals surface area contributed by atoms with Gasteiger partial charge in [0, 0.05) is 6.54 Å². The molecule has 2 rings (SSSR count). The highest BCUT2D eigenvalue weighted by molar-refractivity contribution is 5.87. The summed E-state index contributed by atoms with van der Waals surface area (Å²) < 4.78 is 11.7. The first-order chi connectivity index (χ1) is 13.0. The maximum Gasteiger partial charge on any atom is 0.411 e. The first kappa shape index (κ1) is 22.8. The van der Waals surface area contributed by atoms with Gasteiger partial charge in [0.15, 0.2) is 0 Å². The molecule has 1 saturated carbocycles. The minimum Gasteiger partial charge on any atom is -0.460 e. The molecule has 5 nitrogen and oxygen atoms in total. The van der Waals surface area contributed by atoms with Crippen molar-refractivity contribution in [1.82, 2.24) is 4.90 Å². The fraction of sp³-hybridized carbons (Fsp3) is 0.826. The number of carbonyl (C=O) groups excluding carboxylic acids is 2. The highest BCUT2D eigenvalue weighted by Crippen LogP contribution is 2.40. The van der Waals surface area contributed by atoms with Crippen molar-refractivity contribution in [3.8, 4) is 0 Å². The maximum absolute atomic E-state index is 13.5. The van der Waals surface area contributed by atoms with Gasteiger partial charge in [-0.05, 0) is 70.6 Å². The molecule has 0 unspecified atom stereocenters. The Kier molecular flexibility index (Phi) is 7.22. The molecule has 4 atom stereocenters. The van der Waals surface area contributed by atoms with Crippen LogP contribution in [-0.2, 0) is 14.3 Å². The SMILES string of the molecule is C=CC[C@@]1(C(=O)O[C@H]2C[C@@H](C)CC[C@@H]2C(C)C)CCCN1C(=O)OC(C)(C)C. The Balaban J connectivity index is 2.24. The molecule has 5 heteroatoms. The van der Waals surface area contributed by atoms with E-state index in [9.17, 15) is 9.59 Å². The van der Waals surface area contributed by atoms with Crippen molar-refractivity contribution < 1.29 is 19.1 Å². The summed E-state index contributed by atoms with van der Waals surface area (Å²) in [4.78, 5) is 27.9. The van der Waals surface area contributed by atoms with Crippen LogP contribution in [0.3, 0.4) is 0 Å². The number of hydrogen-bond donors (Lipinski definition) is 0. The van der Waals surface area contributed by atoms with Crippen LogP contribution < -0.4 is 0 Å². The number of likely N-dealkylation sites (tertiary alicyclic amines) is 1. The monoisotopic (exact) mass is 393 g/mol. The molecule has 2 aliphatic rings. The molecular formula is C23H39NO4. The molecule has 0 bridgehead atoms. The van der Waals surface area contributed by atoms with E-state index in [-0.39, 0.29) is 12.1 Å². The highest BCUT2D eigenvalue weighted by atomic mass is 16.6. The second kappa shape index (κ2) is 8.87. The lowest BCUT2D eigenvalue weighted by Crippen LogP contribution is -2.56. The summed E-state index contributed by atoms with van der Waals surface area (Å²) in [7, 11) is 0. The molecule has 1 saturated heterocycles. The largest absolute Gasteiger partial charge is 0.460 e. The summed E-state index contributed by atoms with van der Waals surface area (Å²) in [6.07, 6.45) is 6.08. The van der Waals surface area contributed by atoms with Gasteiger partial charge in [-0.25, -0.2) is 9.59 Å². The smallest absolute Gasteiger partial charge is 0.411 e. The normalized spacial score (nSPS) is 31.0. The van der Waals surface area contributed by atoms with E-state index in [0.717, 1.165) is 19.3 Å². The average molecular weight is 394 g/mol. The number of carbonyl (C=O) groups is 2. The Morgan fingerprint density at radius 2 is 1.96 bits per heavy atom. The number of rotatable bonds is 5. The van der Waals surface area contributed by atoms with Crippen LogP contribution in [0, 0.1) is 17.8 Å². The van der Waals surface area contributed by atoms with Crippen molar-refractivity contribution >= 4 is 12.1 Å². The van der Waals surface area contributed by atoms with Crippen molar-refractivity contribution in [2.75, 3.05) is 6.54 Å². The molecule has 1 amide bonds. The van der Waals surface area contributed by atoms with Gasteiger partial charge >= 0.3 is 12.1 Å². The Bertz CT molecular complexity index is 580. The van der Waals surface area contributed by atoms with Crippen LogP contribution in [0.5, 0.6) is 0 Å². The lowest BCUT2D eigenvalue weighted by molar-refractivity contribution is -0.168. The molecule has 0 aromatic heterocycles. The van der Waals surface area contributed by atoms with E-state index in [1.165, 1.54) is 6.42 Å². The first-order valence-corrected chi connectivity index (χ1v) is 10.8. The number of esters is 1. The molecule has 0 spiro atoms. The van der Waals surface area contributed by atoms with Gasteiger partial charge in [0.1, 0.15) is 17.2 Å². The standard InChI is InChI=1S/C23H39NO4/c1-8-12-23(13-9-14-24(23)21(26)28-22(5,6)7)20(25)27-19-15-17(4)10-11-18(19)16(2)3/h8,16-19H,1,9-15H2,2-7H3/t17-,18+,19-,23-/m0/s1. The molecule has 0 radical (unpaired) electrons. The van der Waals surface area contributed by atoms with Gasteiger partial charge in [0.25, 0.3) is 0 Å². The lowest BCUT2D eigenvalue weighted by Gasteiger charge is -2.41.